The molecule has 0 aliphatic carbocycles. The number of rotatable bonds is 3. The summed E-state index contributed by atoms with van der Waals surface area (Å²) in [6, 6.07) is 42.7. The van der Waals surface area contributed by atoms with Gasteiger partial charge in [-0.05, 0) is 101 Å². The van der Waals surface area contributed by atoms with Gasteiger partial charge in [-0.1, -0.05) is 133 Å². The van der Waals surface area contributed by atoms with Crippen molar-refractivity contribution < 1.29 is 11.3 Å². The fraction of sp³-hybridized carbons (Fsp3) is 0. The van der Waals surface area contributed by atoms with Gasteiger partial charge in [0.05, 0.1) is 6.85 Å². The van der Waals surface area contributed by atoms with E-state index in [4.69, 9.17) is 11.3 Å². The highest BCUT2D eigenvalue weighted by Gasteiger charge is 2.18. The van der Waals surface area contributed by atoms with Crippen LogP contribution >= 0.6 is 0 Å². The highest BCUT2D eigenvalue weighted by molar-refractivity contribution is 6.28. The van der Waals surface area contributed by atoms with E-state index >= 15 is 0 Å². The Morgan fingerprint density at radius 3 is 1.84 bits per heavy atom. The zero-order chi connectivity index (χ0) is 33.8. The molecule has 10 rings (SSSR count). The molecule has 0 fully saturated rings. The van der Waals surface area contributed by atoms with Crippen LogP contribution in [-0.2, 0) is 0 Å². The number of benzene rings is 9. The molecule has 0 atom stereocenters. The van der Waals surface area contributed by atoms with Crippen molar-refractivity contribution in [1.82, 2.24) is 0 Å². The van der Waals surface area contributed by atoms with E-state index in [1.54, 1.807) is 0 Å². The lowest BCUT2D eigenvalue weighted by Crippen LogP contribution is -1.89. The Bertz CT molecular complexity index is 3020. The first kappa shape index (κ1) is 20.1. The molecule has 0 spiro atoms. The molecule has 0 unspecified atom stereocenters. The van der Waals surface area contributed by atoms with Crippen LogP contribution in [0.3, 0.4) is 0 Å². The van der Waals surface area contributed by atoms with Crippen molar-refractivity contribution in [2.24, 2.45) is 0 Å². The average molecular weight is 576 g/mol. The largest absolute Gasteiger partial charge is 0.456 e. The van der Waals surface area contributed by atoms with Crippen molar-refractivity contribution in [2.45, 2.75) is 0 Å². The third-order valence-corrected chi connectivity index (χ3v) is 9.30. The predicted octanol–water partition coefficient (Wildman–Crippen LogP) is 12.6. The first-order chi connectivity index (χ1) is 24.4. The summed E-state index contributed by atoms with van der Waals surface area (Å²) < 4.78 is 48.6. The molecule has 0 radical (unpaired) electrons. The van der Waals surface area contributed by atoms with Crippen LogP contribution in [0.2, 0.25) is 0 Å². The smallest absolute Gasteiger partial charge is 0.136 e. The van der Waals surface area contributed by atoms with Crippen LogP contribution in [0.25, 0.3) is 98.4 Å². The fourth-order valence-corrected chi connectivity index (χ4v) is 7.24. The van der Waals surface area contributed by atoms with Gasteiger partial charge in [0.2, 0.25) is 0 Å². The Balaban J connectivity index is 1.19. The van der Waals surface area contributed by atoms with Crippen LogP contribution in [0.5, 0.6) is 0 Å². The molecule has 1 heteroatoms. The molecule has 10 aromatic rings. The standard InChI is InChI=1S/C44H26O/c1-2-8-28(9-3-1)34-20-15-29-18-23-38-35(21-16-30-17-22-37(34)42(29)43(30)38)36-11-6-12-40-44(36)39-24-19-33(26-41(39)45-40)32-14-13-27-7-4-5-10-31(27)25-32/h1-26H/i1D,2D,3D,8D,9D. The first-order valence-electron chi connectivity index (χ1n) is 17.6. The second kappa shape index (κ2) is 9.29. The van der Waals surface area contributed by atoms with Crippen molar-refractivity contribution >= 4 is 65.0 Å². The lowest BCUT2D eigenvalue weighted by molar-refractivity contribution is 0.669. The van der Waals surface area contributed by atoms with E-state index in [1.807, 2.05) is 30.3 Å². The van der Waals surface area contributed by atoms with Gasteiger partial charge in [-0.15, -0.1) is 0 Å². The summed E-state index contributed by atoms with van der Waals surface area (Å²) in [5.41, 5.74) is 6.88. The second-order valence-electron chi connectivity index (χ2n) is 11.7. The molecule has 0 N–H and O–H groups in total. The van der Waals surface area contributed by atoms with E-state index in [0.717, 1.165) is 76.5 Å². The van der Waals surface area contributed by atoms with E-state index in [2.05, 4.69) is 97.1 Å². The molecule has 1 heterocycles. The van der Waals surface area contributed by atoms with Gasteiger partial charge in [0, 0.05) is 10.8 Å². The third-order valence-electron chi connectivity index (χ3n) is 9.30. The van der Waals surface area contributed by atoms with Crippen molar-refractivity contribution in [3.05, 3.63) is 158 Å². The molecule has 208 valence electrons. The first-order valence-corrected chi connectivity index (χ1v) is 15.1. The van der Waals surface area contributed by atoms with E-state index in [9.17, 15) is 0 Å². The predicted molar refractivity (Wildman–Crippen MR) is 191 cm³/mol. The van der Waals surface area contributed by atoms with Crippen molar-refractivity contribution in [1.29, 1.82) is 0 Å². The third kappa shape index (κ3) is 3.62. The maximum absolute atomic E-state index is 8.69. The quantitative estimate of drug-likeness (QED) is 0.191. The maximum Gasteiger partial charge on any atom is 0.136 e. The molecule has 0 saturated heterocycles. The summed E-state index contributed by atoms with van der Waals surface area (Å²) >= 11 is 0. The SMILES string of the molecule is [2H]c1c([2H])c([2H])c(-c2ccc3ccc4c(-c5cccc6oc7cc(-c8ccc9ccccc9c8)ccc7c56)ccc5ccc2c3c54)c([2H])c1[2H]. The molecule has 0 aliphatic heterocycles. The van der Waals surface area contributed by atoms with Crippen LogP contribution in [0.15, 0.2) is 162 Å². The summed E-state index contributed by atoms with van der Waals surface area (Å²) in [5, 5.41) is 10.6. The molecule has 1 nitrogen and oxygen atoms in total. The van der Waals surface area contributed by atoms with E-state index in [-0.39, 0.29) is 29.7 Å². The monoisotopic (exact) mass is 575 g/mol. The van der Waals surface area contributed by atoms with Gasteiger partial charge in [0.25, 0.3) is 0 Å². The van der Waals surface area contributed by atoms with Crippen LogP contribution in [-0.4, -0.2) is 0 Å². The Hall–Kier alpha value is -5.92. The van der Waals surface area contributed by atoms with Crippen molar-refractivity contribution in [3.63, 3.8) is 0 Å². The molecule has 0 amide bonds. The number of hydrogen-bond acceptors (Lipinski definition) is 1. The van der Waals surface area contributed by atoms with Gasteiger partial charge in [-0.2, -0.15) is 0 Å². The normalized spacial score (nSPS) is 13.6. The zero-order valence-corrected chi connectivity index (χ0v) is 24.0. The molecular weight excluding hydrogens is 544 g/mol. The Kier molecular flexibility index (Phi) is 4.15. The van der Waals surface area contributed by atoms with Crippen molar-refractivity contribution in [2.75, 3.05) is 0 Å². The fourth-order valence-electron chi connectivity index (χ4n) is 7.24. The number of furan rings is 1. The summed E-state index contributed by atoms with van der Waals surface area (Å²) in [4.78, 5) is 0. The average Bonchev–Trinajstić information content (AvgIpc) is 3.54. The van der Waals surface area contributed by atoms with E-state index in [1.165, 1.54) is 10.8 Å². The minimum absolute atomic E-state index is 0.200. The Morgan fingerprint density at radius 2 is 1.02 bits per heavy atom. The second-order valence-corrected chi connectivity index (χ2v) is 11.7. The minimum atomic E-state index is -0.392. The number of hydrogen-bond donors (Lipinski definition) is 0. The van der Waals surface area contributed by atoms with Gasteiger partial charge in [0.15, 0.2) is 0 Å². The lowest BCUT2D eigenvalue weighted by Gasteiger charge is -2.17. The van der Waals surface area contributed by atoms with Crippen molar-refractivity contribution in [3.8, 4) is 33.4 Å². The zero-order valence-electron chi connectivity index (χ0n) is 29.0. The van der Waals surface area contributed by atoms with Crippen LogP contribution in [0.1, 0.15) is 6.85 Å². The van der Waals surface area contributed by atoms with Gasteiger partial charge >= 0.3 is 0 Å². The lowest BCUT2D eigenvalue weighted by atomic mass is 9.86. The van der Waals surface area contributed by atoms with E-state index < -0.39 is 6.04 Å². The maximum atomic E-state index is 8.69. The highest BCUT2D eigenvalue weighted by atomic mass is 16.3. The molecule has 0 aliphatic rings. The molecule has 0 saturated carbocycles. The van der Waals surface area contributed by atoms with E-state index in [0.29, 0.717) is 5.56 Å². The van der Waals surface area contributed by atoms with Crippen LogP contribution < -0.4 is 0 Å². The topological polar surface area (TPSA) is 13.1 Å². The highest BCUT2D eigenvalue weighted by Crippen LogP contribution is 2.45. The molecule has 9 aromatic carbocycles. The van der Waals surface area contributed by atoms with Gasteiger partial charge < -0.3 is 4.42 Å². The van der Waals surface area contributed by atoms with Gasteiger partial charge in [0.1, 0.15) is 11.2 Å². The number of fused-ring (bicyclic) bond motifs is 4. The Morgan fingerprint density at radius 1 is 0.378 bits per heavy atom. The molecular formula is C44H26O. The summed E-state index contributed by atoms with van der Waals surface area (Å²) in [6.45, 7) is 0. The molecule has 1 aromatic heterocycles. The summed E-state index contributed by atoms with van der Waals surface area (Å²) in [7, 11) is 0. The van der Waals surface area contributed by atoms with Crippen LogP contribution in [0, 0.1) is 0 Å². The summed E-state index contributed by atoms with van der Waals surface area (Å²) in [5.74, 6) is 0. The molecule has 45 heavy (non-hydrogen) atoms. The van der Waals surface area contributed by atoms with Gasteiger partial charge in [-0.25, -0.2) is 0 Å². The Labute approximate surface area is 266 Å². The molecule has 0 bridgehead atoms. The summed E-state index contributed by atoms with van der Waals surface area (Å²) in [6.07, 6.45) is 0. The van der Waals surface area contributed by atoms with Gasteiger partial charge in [-0.3, -0.25) is 0 Å². The minimum Gasteiger partial charge on any atom is -0.456 e. The van der Waals surface area contributed by atoms with Crippen LogP contribution in [0.4, 0.5) is 0 Å².